The Morgan fingerprint density at radius 3 is 2.21 bits per heavy atom. The minimum atomic E-state index is 0.466. The maximum atomic E-state index is 5.53. The van der Waals surface area contributed by atoms with Gasteiger partial charge in [0.25, 0.3) is 0 Å². The predicted octanol–water partition coefficient (Wildman–Crippen LogP) is 2.42. The lowest BCUT2D eigenvalue weighted by Gasteiger charge is -2.27. The maximum absolute atomic E-state index is 5.53. The van der Waals surface area contributed by atoms with Crippen LogP contribution in [0.3, 0.4) is 0 Å². The van der Waals surface area contributed by atoms with Gasteiger partial charge in [0.1, 0.15) is 0 Å². The van der Waals surface area contributed by atoms with Crippen molar-refractivity contribution in [1.29, 1.82) is 0 Å². The molecule has 0 saturated carbocycles. The highest BCUT2D eigenvalue weighted by Gasteiger charge is 2.13. The number of nitrogens with two attached hydrogens (primary N) is 1. The van der Waals surface area contributed by atoms with Gasteiger partial charge >= 0.3 is 0 Å². The third kappa shape index (κ3) is 5.55. The molecular formula is C11H24N2S. The van der Waals surface area contributed by atoms with E-state index >= 15 is 0 Å². The van der Waals surface area contributed by atoms with Crippen molar-refractivity contribution >= 4 is 17.2 Å². The third-order valence-electron chi connectivity index (χ3n) is 2.95. The van der Waals surface area contributed by atoms with E-state index in [1.54, 1.807) is 0 Å². The zero-order chi connectivity index (χ0) is 11.1. The fourth-order valence-corrected chi connectivity index (χ4v) is 1.82. The summed E-state index contributed by atoms with van der Waals surface area (Å²) in [5.74, 6) is 0.800. The van der Waals surface area contributed by atoms with Crippen molar-refractivity contribution < 1.29 is 0 Å². The molecule has 0 aliphatic heterocycles. The highest BCUT2D eigenvalue weighted by atomic mass is 32.1. The largest absolute Gasteiger partial charge is 0.393 e. The van der Waals surface area contributed by atoms with E-state index in [9.17, 15) is 0 Å². The van der Waals surface area contributed by atoms with Crippen LogP contribution < -0.4 is 5.73 Å². The first-order chi connectivity index (χ1) is 6.51. The molecule has 14 heavy (non-hydrogen) atoms. The number of thiocarbonyl (C=S) groups is 1. The van der Waals surface area contributed by atoms with Gasteiger partial charge < -0.3 is 10.6 Å². The molecule has 84 valence electrons. The quantitative estimate of drug-likeness (QED) is 0.663. The zero-order valence-electron chi connectivity index (χ0n) is 9.92. The van der Waals surface area contributed by atoms with E-state index in [-0.39, 0.29) is 0 Å². The van der Waals surface area contributed by atoms with Crippen LogP contribution in [0.2, 0.25) is 0 Å². The van der Waals surface area contributed by atoms with Crippen molar-refractivity contribution in [1.82, 2.24) is 4.90 Å². The first-order valence-electron chi connectivity index (χ1n) is 5.49. The van der Waals surface area contributed by atoms with Gasteiger partial charge in [-0.25, -0.2) is 0 Å². The van der Waals surface area contributed by atoms with Crippen molar-refractivity contribution in [2.75, 3.05) is 13.6 Å². The van der Waals surface area contributed by atoms with Crippen LogP contribution in [0, 0.1) is 5.92 Å². The summed E-state index contributed by atoms with van der Waals surface area (Å²) in [6, 6.07) is 0.466. The highest BCUT2D eigenvalue weighted by Crippen LogP contribution is 2.11. The van der Waals surface area contributed by atoms with Crippen LogP contribution in [-0.2, 0) is 0 Å². The highest BCUT2D eigenvalue weighted by molar-refractivity contribution is 7.80. The molecule has 2 nitrogen and oxygen atoms in total. The fraction of sp³-hybridized carbons (Fsp3) is 0.909. The molecule has 0 heterocycles. The number of rotatable bonds is 7. The lowest BCUT2D eigenvalue weighted by molar-refractivity contribution is 0.216. The van der Waals surface area contributed by atoms with E-state index < -0.39 is 0 Å². The summed E-state index contributed by atoms with van der Waals surface area (Å²) < 4.78 is 0. The van der Waals surface area contributed by atoms with Crippen molar-refractivity contribution in [3.8, 4) is 0 Å². The van der Waals surface area contributed by atoms with E-state index in [4.69, 9.17) is 18.0 Å². The lowest BCUT2D eigenvalue weighted by Crippen LogP contribution is -2.35. The summed E-state index contributed by atoms with van der Waals surface area (Å²) in [5.41, 5.74) is 5.53. The van der Waals surface area contributed by atoms with E-state index in [0.717, 1.165) is 18.9 Å². The van der Waals surface area contributed by atoms with E-state index in [1.165, 1.54) is 12.8 Å². The molecule has 2 N–H and O–H groups in total. The van der Waals surface area contributed by atoms with Crippen LogP contribution in [0.15, 0.2) is 0 Å². The molecule has 0 radical (unpaired) electrons. The first-order valence-corrected chi connectivity index (χ1v) is 5.90. The van der Waals surface area contributed by atoms with Crippen LogP contribution in [-0.4, -0.2) is 29.5 Å². The fourth-order valence-electron chi connectivity index (χ4n) is 1.58. The molecule has 0 fully saturated rings. The third-order valence-corrected chi connectivity index (χ3v) is 3.12. The average molecular weight is 216 g/mol. The Labute approximate surface area is 93.8 Å². The second-order valence-electron chi connectivity index (χ2n) is 4.14. The van der Waals surface area contributed by atoms with Gasteiger partial charge in [-0.15, -0.1) is 0 Å². The summed E-state index contributed by atoms with van der Waals surface area (Å²) in [6.45, 7) is 7.83. The lowest BCUT2D eigenvalue weighted by atomic mass is 10.0. The molecule has 0 bridgehead atoms. The molecule has 0 spiro atoms. The van der Waals surface area contributed by atoms with Gasteiger partial charge in [-0.1, -0.05) is 38.9 Å². The van der Waals surface area contributed by atoms with Gasteiger partial charge in [0.15, 0.2) is 0 Å². The monoisotopic (exact) mass is 216 g/mol. The van der Waals surface area contributed by atoms with Crippen molar-refractivity contribution in [3.63, 3.8) is 0 Å². The first kappa shape index (κ1) is 13.8. The Morgan fingerprint density at radius 2 is 1.86 bits per heavy atom. The Kier molecular flexibility index (Phi) is 7.11. The summed E-state index contributed by atoms with van der Waals surface area (Å²) in [4.78, 5) is 2.98. The molecule has 0 saturated heterocycles. The van der Waals surface area contributed by atoms with E-state index in [2.05, 4.69) is 32.7 Å². The normalized spacial score (nSPS) is 13.6. The van der Waals surface area contributed by atoms with Crippen molar-refractivity contribution in [2.24, 2.45) is 11.7 Å². The van der Waals surface area contributed by atoms with Crippen LogP contribution in [0.25, 0.3) is 0 Å². The minimum Gasteiger partial charge on any atom is -0.393 e. The molecule has 0 rings (SSSR count). The molecule has 0 aromatic heterocycles. The number of hydrogen-bond acceptors (Lipinski definition) is 2. The second kappa shape index (κ2) is 7.18. The standard InChI is InChI=1S/C11H24N2S/c1-5-10(6-2)8-13(4)9(3)7-11(12)14/h9-10H,5-8H2,1-4H3,(H2,12,14). The molecule has 0 aliphatic carbocycles. The summed E-state index contributed by atoms with van der Waals surface area (Å²) in [6.07, 6.45) is 3.33. The summed E-state index contributed by atoms with van der Waals surface area (Å²) >= 11 is 4.91. The molecule has 1 unspecified atom stereocenters. The molecule has 0 aromatic carbocycles. The minimum absolute atomic E-state index is 0.466. The zero-order valence-corrected chi connectivity index (χ0v) is 10.7. The Balaban J connectivity index is 3.92. The van der Waals surface area contributed by atoms with Gasteiger partial charge in [-0.2, -0.15) is 0 Å². The van der Waals surface area contributed by atoms with Crippen molar-refractivity contribution in [2.45, 2.75) is 46.1 Å². The number of nitrogens with zero attached hydrogens (tertiary/aromatic N) is 1. The van der Waals surface area contributed by atoms with Gasteiger partial charge in [-0.05, 0) is 19.9 Å². The Hall–Kier alpha value is -0.150. The molecule has 1 atom stereocenters. The van der Waals surface area contributed by atoms with Crippen LogP contribution >= 0.6 is 12.2 Å². The summed E-state index contributed by atoms with van der Waals surface area (Å²) in [7, 11) is 2.15. The van der Waals surface area contributed by atoms with E-state index in [0.29, 0.717) is 11.0 Å². The number of hydrogen-bond donors (Lipinski definition) is 1. The van der Waals surface area contributed by atoms with Crippen LogP contribution in [0.4, 0.5) is 0 Å². The average Bonchev–Trinajstić information content (AvgIpc) is 2.12. The molecule has 0 aliphatic rings. The predicted molar refractivity (Wildman–Crippen MR) is 67.6 cm³/mol. The molecule has 3 heteroatoms. The topological polar surface area (TPSA) is 29.3 Å². The molecular weight excluding hydrogens is 192 g/mol. The summed E-state index contributed by atoms with van der Waals surface area (Å²) in [5, 5.41) is 0. The van der Waals surface area contributed by atoms with Crippen LogP contribution in [0.1, 0.15) is 40.0 Å². The van der Waals surface area contributed by atoms with Gasteiger partial charge in [0.2, 0.25) is 0 Å². The Morgan fingerprint density at radius 1 is 1.36 bits per heavy atom. The molecule has 0 aromatic rings. The molecule has 0 amide bonds. The second-order valence-corrected chi connectivity index (χ2v) is 4.67. The van der Waals surface area contributed by atoms with Crippen molar-refractivity contribution in [3.05, 3.63) is 0 Å². The maximum Gasteiger partial charge on any atom is 0.0742 e. The van der Waals surface area contributed by atoms with Gasteiger partial charge in [-0.3, -0.25) is 0 Å². The Bertz CT molecular complexity index is 167. The van der Waals surface area contributed by atoms with Gasteiger partial charge in [0.05, 0.1) is 4.99 Å². The van der Waals surface area contributed by atoms with Crippen LogP contribution in [0.5, 0.6) is 0 Å². The van der Waals surface area contributed by atoms with Gasteiger partial charge in [0, 0.05) is 19.0 Å². The SMILES string of the molecule is CCC(CC)CN(C)C(C)CC(N)=S. The van der Waals surface area contributed by atoms with E-state index in [1.807, 2.05) is 0 Å². The smallest absolute Gasteiger partial charge is 0.0742 e.